The molecule has 0 bridgehead atoms. The van der Waals surface area contributed by atoms with Crippen LogP contribution in [0.3, 0.4) is 0 Å². The van der Waals surface area contributed by atoms with Crippen LogP contribution >= 0.6 is 0 Å². The number of nitrogens with zero attached hydrogens (tertiary/aromatic N) is 1. The maximum atomic E-state index is 10.1. The molecule has 3 rings (SSSR count). The van der Waals surface area contributed by atoms with Gasteiger partial charge in [0.05, 0.1) is 6.10 Å². The first-order valence-electron chi connectivity index (χ1n) is 7.90. The smallest absolute Gasteiger partial charge is 0.0791 e. The summed E-state index contributed by atoms with van der Waals surface area (Å²) in [5, 5.41) is 16.0. The van der Waals surface area contributed by atoms with E-state index in [1.54, 1.807) is 0 Å². The molecule has 1 saturated heterocycles. The van der Waals surface area contributed by atoms with Gasteiger partial charge in [-0.25, -0.2) is 0 Å². The van der Waals surface area contributed by atoms with Gasteiger partial charge >= 0.3 is 0 Å². The van der Waals surface area contributed by atoms with Gasteiger partial charge < -0.3 is 15.3 Å². The first-order valence-corrected chi connectivity index (χ1v) is 7.90. The third-order valence-electron chi connectivity index (χ3n) is 4.19. The Bertz CT molecular complexity index is 578. The molecule has 2 aromatic rings. The number of β-amino-alcohol motifs (C(OH)–C–C–N with tert-alkyl or cyclic N) is 1. The van der Waals surface area contributed by atoms with Gasteiger partial charge in [-0.2, -0.15) is 0 Å². The van der Waals surface area contributed by atoms with Gasteiger partial charge in [-0.15, -0.1) is 0 Å². The summed E-state index contributed by atoms with van der Waals surface area (Å²) in [6.07, 6.45) is 2.28. The number of benzene rings is 2. The molecule has 1 fully saturated rings. The summed E-state index contributed by atoms with van der Waals surface area (Å²) in [7, 11) is 0. The molecule has 3 heteroatoms. The van der Waals surface area contributed by atoms with Crippen molar-refractivity contribution >= 4 is 10.8 Å². The molecule has 2 aromatic carbocycles. The Labute approximate surface area is 126 Å². The molecule has 3 nitrogen and oxygen atoms in total. The maximum Gasteiger partial charge on any atom is 0.0791 e. The molecule has 112 valence electrons. The highest BCUT2D eigenvalue weighted by atomic mass is 16.3. The van der Waals surface area contributed by atoms with E-state index in [1.165, 1.54) is 29.2 Å². The number of fused-ring (bicyclic) bond motifs is 1. The van der Waals surface area contributed by atoms with Crippen molar-refractivity contribution in [2.24, 2.45) is 0 Å². The van der Waals surface area contributed by atoms with E-state index in [-0.39, 0.29) is 6.10 Å². The van der Waals surface area contributed by atoms with Crippen molar-refractivity contribution in [3.05, 3.63) is 48.0 Å². The second-order valence-corrected chi connectivity index (χ2v) is 5.97. The van der Waals surface area contributed by atoms with Crippen LogP contribution in [-0.4, -0.2) is 42.3 Å². The van der Waals surface area contributed by atoms with Gasteiger partial charge in [0.25, 0.3) is 0 Å². The molecular weight excluding hydrogens is 260 g/mol. The van der Waals surface area contributed by atoms with Crippen molar-refractivity contribution in [1.82, 2.24) is 10.2 Å². The molecule has 1 heterocycles. The zero-order valence-electron chi connectivity index (χ0n) is 12.5. The quantitative estimate of drug-likeness (QED) is 0.855. The number of aliphatic hydroxyl groups excluding tert-OH is 1. The van der Waals surface area contributed by atoms with Crippen molar-refractivity contribution < 1.29 is 5.11 Å². The van der Waals surface area contributed by atoms with Crippen LogP contribution in [-0.2, 0) is 6.54 Å². The van der Waals surface area contributed by atoms with Crippen molar-refractivity contribution in [2.45, 2.75) is 25.5 Å². The van der Waals surface area contributed by atoms with E-state index in [2.05, 4.69) is 52.7 Å². The zero-order chi connectivity index (χ0) is 14.5. The fraction of sp³-hybridized carbons (Fsp3) is 0.444. The molecule has 0 aromatic heterocycles. The summed E-state index contributed by atoms with van der Waals surface area (Å²) in [4.78, 5) is 2.35. The Kier molecular flexibility index (Phi) is 4.86. The molecule has 0 saturated carbocycles. The average molecular weight is 284 g/mol. The van der Waals surface area contributed by atoms with Crippen molar-refractivity contribution in [3.8, 4) is 0 Å². The lowest BCUT2D eigenvalue weighted by Crippen LogP contribution is -2.36. The number of aliphatic hydroxyl groups is 1. The lowest BCUT2D eigenvalue weighted by Gasteiger charge is -2.19. The van der Waals surface area contributed by atoms with E-state index in [0.717, 1.165) is 26.2 Å². The second kappa shape index (κ2) is 7.03. The van der Waals surface area contributed by atoms with Gasteiger partial charge in [-0.3, -0.25) is 0 Å². The van der Waals surface area contributed by atoms with Gasteiger partial charge in [0, 0.05) is 19.6 Å². The van der Waals surface area contributed by atoms with Gasteiger partial charge in [-0.1, -0.05) is 36.4 Å². The first kappa shape index (κ1) is 14.5. The molecule has 21 heavy (non-hydrogen) atoms. The van der Waals surface area contributed by atoms with Crippen LogP contribution < -0.4 is 5.32 Å². The standard InChI is InChI=1S/C18H24N2O/c21-18(14-20-9-3-4-10-20)13-19-12-15-7-8-16-5-1-2-6-17(16)11-15/h1-2,5-8,11,18-19,21H,3-4,9-10,12-14H2. The predicted octanol–water partition coefficient (Wildman–Crippen LogP) is 2.39. The summed E-state index contributed by atoms with van der Waals surface area (Å²) in [6.45, 7) is 4.54. The van der Waals surface area contributed by atoms with Gasteiger partial charge in [0.1, 0.15) is 0 Å². The molecule has 1 atom stereocenters. The summed E-state index contributed by atoms with van der Waals surface area (Å²) in [5.74, 6) is 0. The molecule has 1 aliphatic heterocycles. The Morgan fingerprint density at radius 2 is 1.81 bits per heavy atom. The van der Waals surface area contributed by atoms with Crippen LogP contribution in [0, 0.1) is 0 Å². The molecular formula is C18H24N2O. The fourth-order valence-corrected chi connectivity index (χ4v) is 3.06. The first-order chi connectivity index (χ1) is 10.3. The molecule has 0 amide bonds. The Balaban J connectivity index is 1.47. The Morgan fingerprint density at radius 3 is 2.62 bits per heavy atom. The highest BCUT2D eigenvalue weighted by molar-refractivity contribution is 5.82. The van der Waals surface area contributed by atoms with E-state index >= 15 is 0 Å². The Morgan fingerprint density at radius 1 is 1.05 bits per heavy atom. The topological polar surface area (TPSA) is 35.5 Å². The van der Waals surface area contributed by atoms with Crippen molar-refractivity contribution in [1.29, 1.82) is 0 Å². The third-order valence-corrected chi connectivity index (χ3v) is 4.19. The normalized spacial score (nSPS) is 17.4. The lowest BCUT2D eigenvalue weighted by atomic mass is 10.1. The van der Waals surface area contributed by atoms with Crippen LogP contribution in [0.1, 0.15) is 18.4 Å². The van der Waals surface area contributed by atoms with Crippen LogP contribution in [0.25, 0.3) is 10.8 Å². The van der Waals surface area contributed by atoms with Gasteiger partial charge in [0.2, 0.25) is 0 Å². The molecule has 0 spiro atoms. The third kappa shape index (κ3) is 4.03. The largest absolute Gasteiger partial charge is 0.390 e. The number of rotatable bonds is 6. The number of likely N-dealkylation sites (tertiary alicyclic amines) is 1. The fourth-order valence-electron chi connectivity index (χ4n) is 3.06. The molecule has 1 aliphatic rings. The molecule has 0 aliphatic carbocycles. The second-order valence-electron chi connectivity index (χ2n) is 5.97. The monoisotopic (exact) mass is 284 g/mol. The van der Waals surface area contributed by atoms with Gasteiger partial charge in [-0.05, 0) is 48.3 Å². The average Bonchev–Trinajstić information content (AvgIpc) is 3.00. The van der Waals surface area contributed by atoms with Crippen molar-refractivity contribution in [3.63, 3.8) is 0 Å². The van der Waals surface area contributed by atoms with Crippen LogP contribution in [0.15, 0.2) is 42.5 Å². The van der Waals surface area contributed by atoms with Crippen LogP contribution in [0.2, 0.25) is 0 Å². The van der Waals surface area contributed by atoms with E-state index in [1.807, 2.05) is 0 Å². The van der Waals surface area contributed by atoms with E-state index in [9.17, 15) is 5.11 Å². The minimum atomic E-state index is -0.274. The highest BCUT2D eigenvalue weighted by Crippen LogP contribution is 2.15. The SMILES string of the molecule is OC(CNCc1ccc2ccccc2c1)CN1CCCC1. The number of hydrogen-bond acceptors (Lipinski definition) is 3. The van der Waals surface area contributed by atoms with E-state index < -0.39 is 0 Å². The summed E-state index contributed by atoms with van der Waals surface area (Å²) in [5.41, 5.74) is 1.27. The number of nitrogens with one attached hydrogen (secondary N) is 1. The lowest BCUT2D eigenvalue weighted by molar-refractivity contribution is 0.123. The molecule has 1 unspecified atom stereocenters. The number of hydrogen-bond donors (Lipinski definition) is 2. The summed E-state index contributed by atoms with van der Waals surface area (Å²) < 4.78 is 0. The minimum absolute atomic E-state index is 0.274. The van der Waals surface area contributed by atoms with E-state index in [4.69, 9.17) is 0 Å². The van der Waals surface area contributed by atoms with Crippen LogP contribution in [0.5, 0.6) is 0 Å². The highest BCUT2D eigenvalue weighted by Gasteiger charge is 2.15. The molecule has 0 radical (unpaired) electrons. The van der Waals surface area contributed by atoms with Crippen molar-refractivity contribution in [2.75, 3.05) is 26.2 Å². The zero-order valence-corrected chi connectivity index (χ0v) is 12.5. The van der Waals surface area contributed by atoms with Gasteiger partial charge in [0.15, 0.2) is 0 Å². The molecule has 2 N–H and O–H groups in total. The summed E-state index contributed by atoms with van der Waals surface area (Å²) in [6, 6.07) is 14.9. The Hall–Kier alpha value is -1.42. The predicted molar refractivity (Wildman–Crippen MR) is 87.3 cm³/mol. The minimum Gasteiger partial charge on any atom is -0.390 e. The van der Waals surface area contributed by atoms with Crippen LogP contribution in [0.4, 0.5) is 0 Å². The van der Waals surface area contributed by atoms with E-state index in [0.29, 0.717) is 6.54 Å². The maximum absolute atomic E-state index is 10.1. The summed E-state index contributed by atoms with van der Waals surface area (Å²) >= 11 is 0.